The number of ether oxygens (including phenoxy) is 2. The van der Waals surface area contributed by atoms with Crippen molar-refractivity contribution >= 4 is 34.5 Å². The quantitative estimate of drug-likeness (QED) is 0.457. The molecule has 3 aliphatic rings. The molecule has 2 aromatic heterocycles. The first-order chi connectivity index (χ1) is 18.9. The number of aryl methyl sites for hydroxylation is 1. The summed E-state index contributed by atoms with van der Waals surface area (Å²) in [6.45, 7) is 3.14. The molecule has 0 saturated carbocycles. The van der Waals surface area contributed by atoms with Gasteiger partial charge in [0.15, 0.2) is 12.3 Å². The third-order valence-corrected chi connectivity index (χ3v) is 7.48. The van der Waals surface area contributed by atoms with Crippen molar-refractivity contribution < 1.29 is 28.7 Å². The zero-order chi connectivity index (χ0) is 27.1. The summed E-state index contributed by atoms with van der Waals surface area (Å²) in [6, 6.07) is 7.19. The highest BCUT2D eigenvalue weighted by molar-refractivity contribution is 6.03. The molecule has 13 heteroatoms. The molecule has 13 nitrogen and oxygen atoms in total. The number of piperidine rings is 1. The Morgan fingerprint density at radius 1 is 1.10 bits per heavy atom. The fraction of sp³-hybridized carbons (Fsp3) is 0.462. The first kappa shape index (κ1) is 25.0. The normalized spacial score (nSPS) is 19.7. The lowest BCUT2D eigenvalue weighted by atomic mass is 9.93. The Balaban J connectivity index is 1.08. The molecule has 4 amide bonds. The molecule has 39 heavy (non-hydrogen) atoms. The number of para-hydroxylation sites is 1. The maximum atomic E-state index is 13.0. The van der Waals surface area contributed by atoms with Crippen molar-refractivity contribution in [3.05, 3.63) is 41.3 Å². The molecule has 1 unspecified atom stereocenters. The number of rotatable bonds is 5. The maximum absolute atomic E-state index is 13.0. The second-order valence-electron chi connectivity index (χ2n) is 9.92. The number of imide groups is 1. The van der Waals surface area contributed by atoms with E-state index in [-0.39, 0.29) is 36.7 Å². The molecule has 0 spiro atoms. The molecule has 204 valence electrons. The number of piperazine rings is 1. The van der Waals surface area contributed by atoms with E-state index in [1.807, 2.05) is 10.7 Å². The van der Waals surface area contributed by atoms with Gasteiger partial charge in [0, 0.05) is 45.0 Å². The summed E-state index contributed by atoms with van der Waals surface area (Å²) in [6.07, 6.45) is 0.656. The predicted molar refractivity (Wildman–Crippen MR) is 136 cm³/mol. The Kier molecular flexibility index (Phi) is 6.51. The van der Waals surface area contributed by atoms with Gasteiger partial charge in [0.25, 0.3) is 11.8 Å². The van der Waals surface area contributed by atoms with Gasteiger partial charge < -0.3 is 19.3 Å². The van der Waals surface area contributed by atoms with E-state index in [9.17, 15) is 19.2 Å². The van der Waals surface area contributed by atoms with Crippen LogP contribution in [0.4, 0.5) is 0 Å². The van der Waals surface area contributed by atoms with Crippen LogP contribution in [-0.4, -0.2) is 92.4 Å². The minimum Gasteiger partial charge on any atom is -0.481 e. The lowest BCUT2D eigenvalue weighted by Crippen LogP contribution is -2.51. The first-order valence-corrected chi connectivity index (χ1v) is 13.0. The van der Waals surface area contributed by atoms with Crippen LogP contribution in [0.5, 0.6) is 5.75 Å². The van der Waals surface area contributed by atoms with Crippen molar-refractivity contribution in [3.8, 4) is 5.75 Å². The van der Waals surface area contributed by atoms with Gasteiger partial charge >= 0.3 is 0 Å². The molecule has 1 N–H and O–H groups in total. The Hall–Kier alpha value is -4.26. The number of fused-ring (bicyclic) bond motifs is 2. The third-order valence-electron chi connectivity index (χ3n) is 7.48. The van der Waals surface area contributed by atoms with Gasteiger partial charge in [-0.25, -0.2) is 0 Å². The summed E-state index contributed by atoms with van der Waals surface area (Å²) in [5.41, 5.74) is 2.55. The van der Waals surface area contributed by atoms with Crippen molar-refractivity contribution in [2.24, 2.45) is 7.05 Å². The molecule has 0 aliphatic carbocycles. The second-order valence-corrected chi connectivity index (χ2v) is 9.92. The maximum Gasteiger partial charge on any atom is 0.274 e. The number of nitrogens with zero attached hydrogens (tertiary/aromatic N) is 6. The molecule has 5 heterocycles. The number of amides is 4. The van der Waals surface area contributed by atoms with Gasteiger partial charge in [-0.2, -0.15) is 10.2 Å². The molecule has 0 radical (unpaired) electrons. The van der Waals surface area contributed by atoms with Crippen LogP contribution >= 0.6 is 0 Å². The fourth-order valence-corrected chi connectivity index (χ4v) is 5.41. The zero-order valence-corrected chi connectivity index (χ0v) is 21.6. The monoisotopic (exact) mass is 535 g/mol. The van der Waals surface area contributed by atoms with E-state index in [2.05, 4.69) is 15.5 Å². The standard InChI is InChI=1S/C26H29N7O6/c1-30-24-17(23(29-30)18-5-6-21(34)27-25(18)36)3-2-4-20(24)39-15-22(35)31-7-9-32(10-8-31)26(37)19-13-16-14-38-12-11-33(16)28-19/h2-4,13,18H,5-12,14-15H2,1H3,(H,27,34,36). The van der Waals surface area contributed by atoms with E-state index in [1.54, 1.807) is 39.7 Å². The Bertz CT molecular complexity index is 1450. The molecule has 2 saturated heterocycles. The van der Waals surface area contributed by atoms with Gasteiger partial charge in [-0.05, 0) is 18.6 Å². The fourth-order valence-electron chi connectivity index (χ4n) is 5.41. The molecule has 3 aromatic rings. The van der Waals surface area contributed by atoms with Crippen LogP contribution < -0.4 is 10.1 Å². The van der Waals surface area contributed by atoms with Gasteiger partial charge in [-0.1, -0.05) is 12.1 Å². The van der Waals surface area contributed by atoms with Crippen molar-refractivity contribution in [2.45, 2.75) is 31.9 Å². The number of aromatic nitrogens is 4. The van der Waals surface area contributed by atoms with Crippen LogP contribution in [0.1, 0.15) is 40.6 Å². The second kappa shape index (κ2) is 10.1. The third kappa shape index (κ3) is 4.73. The molecule has 3 aliphatic heterocycles. The minimum absolute atomic E-state index is 0.144. The molecule has 1 aromatic carbocycles. The summed E-state index contributed by atoms with van der Waals surface area (Å²) >= 11 is 0. The van der Waals surface area contributed by atoms with Crippen LogP contribution in [0.2, 0.25) is 0 Å². The van der Waals surface area contributed by atoms with E-state index in [0.29, 0.717) is 75.0 Å². The van der Waals surface area contributed by atoms with Crippen molar-refractivity contribution in [3.63, 3.8) is 0 Å². The molecule has 1 atom stereocenters. The molecule has 0 bridgehead atoms. The van der Waals surface area contributed by atoms with Crippen molar-refractivity contribution in [1.29, 1.82) is 0 Å². The zero-order valence-electron chi connectivity index (χ0n) is 21.6. The highest BCUT2D eigenvalue weighted by Crippen LogP contribution is 2.34. The highest BCUT2D eigenvalue weighted by atomic mass is 16.5. The SMILES string of the molecule is Cn1nc(C2CCC(=O)NC2=O)c2cccc(OCC(=O)N3CCN(C(=O)c4cc5n(n4)CCOC5)CC3)c21. The van der Waals surface area contributed by atoms with Gasteiger partial charge in [0.05, 0.1) is 37.1 Å². The predicted octanol–water partition coefficient (Wildman–Crippen LogP) is 0.184. The van der Waals surface area contributed by atoms with Gasteiger partial charge in [0.1, 0.15) is 11.3 Å². The van der Waals surface area contributed by atoms with Crippen LogP contribution in [0.3, 0.4) is 0 Å². The van der Waals surface area contributed by atoms with Gasteiger partial charge in [-0.3, -0.25) is 33.9 Å². The number of benzene rings is 1. The topological polar surface area (TPSA) is 141 Å². The molecule has 2 fully saturated rings. The smallest absolute Gasteiger partial charge is 0.274 e. The largest absolute Gasteiger partial charge is 0.481 e. The lowest BCUT2D eigenvalue weighted by Gasteiger charge is -2.34. The Morgan fingerprint density at radius 3 is 2.67 bits per heavy atom. The number of hydrogen-bond acceptors (Lipinski definition) is 8. The molecular weight excluding hydrogens is 506 g/mol. The van der Waals surface area contributed by atoms with E-state index < -0.39 is 5.92 Å². The average Bonchev–Trinajstić information content (AvgIpc) is 3.53. The van der Waals surface area contributed by atoms with Crippen LogP contribution in [-0.2, 0) is 39.3 Å². The van der Waals surface area contributed by atoms with Crippen molar-refractivity contribution in [2.75, 3.05) is 39.4 Å². The summed E-state index contributed by atoms with van der Waals surface area (Å²) < 4.78 is 14.8. The number of carbonyl (C=O) groups is 4. The van der Waals surface area contributed by atoms with Crippen molar-refractivity contribution in [1.82, 2.24) is 34.7 Å². The number of hydrogen-bond donors (Lipinski definition) is 1. The molecule has 6 rings (SSSR count). The van der Waals surface area contributed by atoms with Crippen LogP contribution in [0, 0.1) is 0 Å². The van der Waals surface area contributed by atoms with E-state index in [1.165, 1.54) is 0 Å². The Morgan fingerprint density at radius 2 is 1.90 bits per heavy atom. The number of carbonyl (C=O) groups excluding carboxylic acids is 4. The van der Waals surface area contributed by atoms with Gasteiger partial charge in [-0.15, -0.1) is 0 Å². The summed E-state index contributed by atoms with van der Waals surface area (Å²) in [5.74, 6) is -0.998. The van der Waals surface area contributed by atoms with Gasteiger partial charge in [0.2, 0.25) is 11.8 Å². The highest BCUT2D eigenvalue weighted by Gasteiger charge is 2.32. The van der Waals surface area contributed by atoms with E-state index in [4.69, 9.17) is 9.47 Å². The van der Waals surface area contributed by atoms with E-state index >= 15 is 0 Å². The van der Waals surface area contributed by atoms with Crippen LogP contribution in [0.25, 0.3) is 10.9 Å². The van der Waals surface area contributed by atoms with Crippen LogP contribution in [0.15, 0.2) is 24.3 Å². The molecular formula is C26H29N7O6. The average molecular weight is 536 g/mol. The first-order valence-electron chi connectivity index (χ1n) is 13.0. The van der Waals surface area contributed by atoms with E-state index in [0.717, 1.165) is 11.1 Å². The summed E-state index contributed by atoms with van der Waals surface area (Å²) in [5, 5.41) is 12.1. The summed E-state index contributed by atoms with van der Waals surface area (Å²) in [4.78, 5) is 53.3. The lowest BCUT2D eigenvalue weighted by molar-refractivity contribution is -0.135. The summed E-state index contributed by atoms with van der Waals surface area (Å²) in [7, 11) is 1.76. The minimum atomic E-state index is -0.525. The number of nitrogens with one attached hydrogen (secondary N) is 1. The Labute approximate surface area is 223 Å².